The van der Waals surface area contributed by atoms with Gasteiger partial charge in [0, 0.05) is 29.5 Å². The number of aliphatic hydroxyl groups excluding tert-OH is 1. The number of phenols is 2. The van der Waals surface area contributed by atoms with E-state index in [1.165, 1.54) is 26.2 Å². The molecule has 0 radical (unpaired) electrons. The molecule has 2 aromatic rings. The maximum atomic E-state index is 13.7. The van der Waals surface area contributed by atoms with Crippen molar-refractivity contribution in [3.05, 3.63) is 51.6 Å². The number of rotatable bonds is 6. The van der Waals surface area contributed by atoms with Gasteiger partial charge in [0.1, 0.15) is 22.8 Å². The average molecular weight is 553 g/mol. The number of Topliss-reactive ketones (excluding diaryl/α,β-unsaturated/α-hetero) is 1. The Morgan fingerprint density at radius 1 is 1.07 bits per heavy atom. The van der Waals surface area contributed by atoms with Gasteiger partial charge in [-0.1, -0.05) is 32.4 Å². The van der Waals surface area contributed by atoms with Crippen LogP contribution in [0.25, 0.3) is 0 Å². The maximum absolute atomic E-state index is 13.7. The Hall–Kier alpha value is -3.27. The fourth-order valence-electron chi connectivity index (χ4n) is 6.90. The highest BCUT2D eigenvalue weighted by atomic mass is 16.5. The van der Waals surface area contributed by atoms with Crippen molar-refractivity contribution in [3.63, 3.8) is 0 Å². The molecule has 6 unspecified atom stereocenters. The Bertz CT molecular complexity index is 1400. The van der Waals surface area contributed by atoms with Gasteiger partial charge in [-0.2, -0.15) is 0 Å². The molecule has 0 saturated heterocycles. The lowest BCUT2D eigenvalue weighted by molar-refractivity contribution is -0.148. The van der Waals surface area contributed by atoms with E-state index < -0.39 is 46.7 Å². The Kier molecular flexibility index (Phi) is 7.27. The second-order valence-corrected chi connectivity index (χ2v) is 11.6. The van der Waals surface area contributed by atoms with E-state index in [0.717, 1.165) is 12.8 Å². The summed E-state index contributed by atoms with van der Waals surface area (Å²) < 4.78 is 11.8. The van der Waals surface area contributed by atoms with Gasteiger partial charge in [-0.25, -0.2) is 0 Å². The molecule has 0 aromatic heterocycles. The molecule has 2 aromatic carbocycles. The van der Waals surface area contributed by atoms with Gasteiger partial charge in [-0.3, -0.25) is 14.4 Å². The minimum absolute atomic E-state index is 0.00204. The smallest absolute Gasteiger partial charge is 0.202 e. The molecule has 9 heteroatoms. The monoisotopic (exact) mass is 552 g/mol. The van der Waals surface area contributed by atoms with Crippen molar-refractivity contribution in [2.75, 3.05) is 7.11 Å². The lowest BCUT2D eigenvalue weighted by atomic mass is 9.71. The molecule has 4 N–H and O–H groups in total. The SMILES string of the molecule is CCCC1CC(OC2CC(O)(C(C)=O)Cc3c(O)c4c(c(O)c32)C(=O)c2c(OC)cccc2C4=O)CC(C)C1O. The number of hydrogen-bond acceptors (Lipinski definition) is 9. The zero-order valence-corrected chi connectivity index (χ0v) is 23.2. The molecule has 0 aliphatic heterocycles. The van der Waals surface area contributed by atoms with Crippen molar-refractivity contribution in [3.8, 4) is 17.2 Å². The van der Waals surface area contributed by atoms with Gasteiger partial charge < -0.3 is 29.9 Å². The first-order valence-electron chi connectivity index (χ1n) is 13.9. The van der Waals surface area contributed by atoms with Gasteiger partial charge in [-0.15, -0.1) is 0 Å². The number of ketones is 3. The van der Waals surface area contributed by atoms with Crippen LogP contribution >= 0.6 is 0 Å². The van der Waals surface area contributed by atoms with E-state index in [2.05, 4.69) is 0 Å². The standard InChI is InChI=1S/C31H36O9/c1-5-7-16-11-17(10-14(2)26(16)33)40-21-13-31(38,15(3)32)12-19-23(21)30(37)25-24(28(19)35)27(34)18-8-6-9-20(39-4)22(18)29(25)36/h6,8-9,14,16-17,21,26,33,35,37-38H,5,7,10-13H2,1-4H3. The quantitative estimate of drug-likeness (QED) is 0.335. The first kappa shape index (κ1) is 28.3. The minimum Gasteiger partial charge on any atom is -0.507 e. The van der Waals surface area contributed by atoms with Crippen LogP contribution in [0.4, 0.5) is 0 Å². The van der Waals surface area contributed by atoms with Crippen molar-refractivity contribution in [1.82, 2.24) is 0 Å². The van der Waals surface area contributed by atoms with Gasteiger partial charge in [0.25, 0.3) is 0 Å². The Balaban J connectivity index is 1.65. The van der Waals surface area contributed by atoms with Crippen molar-refractivity contribution in [2.45, 2.75) is 83.2 Å². The largest absolute Gasteiger partial charge is 0.507 e. The number of carbonyl (C=O) groups excluding carboxylic acids is 3. The molecule has 9 nitrogen and oxygen atoms in total. The zero-order chi connectivity index (χ0) is 29.1. The predicted octanol–water partition coefficient (Wildman–Crippen LogP) is 3.78. The molecular formula is C31H36O9. The molecular weight excluding hydrogens is 516 g/mol. The number of methoxy groups -OCH3 is 1. The van der Waals surface area contributed by atoms with E-state index in [-0.39, 0.29) is 69.9 Å². The Morgan fingerprint density at radius 2 is 1.77 bits per heavy atom. The first-order valence-corrected chi connectivity index (χ1v) is 13.9. The summed E-state index contributed by atoms with van der Waals surface area (Å²) in [5.41, 5.74) is -2.53. The average Bonchev–Trinajstić information content (AvgIpc) is 2.91. The summed E-state index contributed by atoms with van der Waals surface area (Å²) in [6.45, 7) is 5.23. The number of phenolic OH excluding ortho intramolecular Hbond substituents is 2. The van der Waals surface area contributed by atoms with Crippen LogP contribution in [0, 0.1) is 11.8 Å². The fourth-order valence-corrected chi connectivity index (χ4v) is 6.90. The summed E-state index contributed by atoms with van der Waals surface area (Å²) in [5, 5.41) is 45.1. The Morgan fingerprint density at radius 3 is 2.42 bits per heavy atom. The predicted molar refractivity (Wildman–Crippen MR) is 144 cm³/mol. The third-order valence-electron chi connectivity index (χ3n) is 9.01. The van der Waals surface area contributed by atoms with Crippen LogP contribution in [0.1, 0.15) is 102 Å². The second kappa shape index (κ2) is 10.3. The summed E-state index contributed by atoms with van der Waals surface area (Å²) in [6.07, 6.45) is 0.318. The number of aromatic hydroxyl groups is 2. The highest BCUT2D eigenvalue weighted by Crippen LogP contribution is 2.53. The number of carbonyl (C=O) groups is 3. The van der Waals surface area contributed by atoms with Crippen LogP contribution in [-0.4, -0.2) is 62.7 Å². The van der Waals surface area contributed by atoms with Crippen molar-refractivity contribution in [2.24, 2.45) is 11.8 Å². The molecule has 214 valence electrons. The topological polar surface area (TPSA) is 151 Å². The summed E-state index contributed by atoms with van der Waals surface area (Å²) in [4.78, 5) is 39.9. The van der Waals surface area contributed by atoms with Gasteiger partial charge in [-0.05, 0) is 44.1 Å². The van der Waals surface area contributed by atoms with Gasteiger partial charge >= 0.3 is 0 Å². The van der Waals surface area contributed by atoms with E-state index in [0.29, 0.717) is 12.8 Å². The van der Waals surface area contributed by atoms with E-state index in [1.54, 1.807) is 6.07 Å². The van der Waals surface area contributed by atoms with Gasteiger partial charge in [0.05, 0.1) is 42.1 Å². The first-order chi connectivity index (χ1) is 18.9. The van der Waals surface area contributed by atoms with Crippen LogP contribution in [0.15, 0.2) is 18.2 Å². The molecule has 0 amide bonds. The van der Waals surface area contributed by atoms with Gasteiger partial charge in [0.15, 0.2) is 11.6 Å². The molecule has 3 aliphatic carbocycles. The summed E-state index contributed by atoms with van der Waals surface area (Å²) >= 11 is 0. The second-order valence-electron chi connectivity index (χ2n) is 11.6. The van der Waals surface area contributed by atoms with E-state index >= 15 is 0 Å². The van der Waals surface area contributed by atoms with Crippen LogP contribution < -0.4 is 4.74 Å². The fraction of sp³-hybridized carbons (Fsp3) is 0.516. The molecule has 1 fully saturated rings. The maximum Gasteiger partial charge on any atom is 0.202 e. The number of benzene rings is 2. The van der Waals surface area contributed by atoms with Crippen molar-refractivity contribution >= 4 is 17.3 Å². The third-order valence-corrected chi connectivity index (χ3v) is 9.01. The number of fused-ring (bicyclic) bond motifs is 3. The van der Waals surface area contributed by atoms with Crippen molar-refractivity contribution in [1.29, 1.82) is 0 Å². The summed E-state index contributed by atoms with van der Waals surface area (Å²) in [5.74, 6) is -2.86. The molecule has 3 aliphatic rings. The number of aliphatic hydroxyl groups is 2. The summed E-state index contributed by atoms with van der Waals surface area (Å²) in [7, 11) is 1.37. The number of hydrogen-bond donors (Lipinski definition) is 4. The minimum atomic E-state index is -1.92. The third kappa shape index (κ3) is 4.31. The van der Waals surface area contributed by atoms with Crippen molar-refractivity contribution < 1.29 is 44.3 Å². The van der Waals surface area contributed by atoms with Crippen LogP contribution in [0.5, 0.6) is 17.2 Å². The van der Waals surface area contributed by atoms with Gasteiger partial charge in [0.2, 0.25) is 5.78 Å². The number of ether oxygens (including phenoxy) is 2. The molecule has 0 bridgehead atoms. The Labute approximate surface area is 232 Å². The molecule has 40 heavy (non-hydrogen) atoms. The molecule has 0 heterocycles. The van der Waals surface area contributed by atoms with Crippen LogP contribution in [-0.2, 0) is 16.0 Å². The molecule has 1 saturated carbocycles. The van der Waals surface area contributed by atoms with Crippen LogP contribution in [0.3, 0.4) is 0 Å². The van der Waals surface area contributed by atoms with E-state index in [9.17, 15) is 34.8 Å². The van der Waals surface area contributed by atoms with Crippen LogP contribution in [0.2, 0.25) is 0 Å². The summed E-state index contributed by atoms with van der Waals surface area (Å²) in [6, 6.07) is 4.53. The molecule has 6 atom stereocenters. The lowest BCUT2D eigenvalue weighted by Crippen LogP contribution is -2.46. The highest BCUT2D eigenvalue weighted by molar-refractivity contribution is 6.31. The van der Waals surface area contributed by atoms with E-state index in [4.69, 9.17) is 9.47 Å². The van der Waals surface area contributed by atoms with E-state index in [1.807, 2.05) is 13.8 Å². The highest BCUT2D eigenvalue weighted by Gasteiger charge is 2.49. The molecule has 0 spiro atoms. The normalized spacial score (nSPS) is 29.4. The molecule has 5 rings (SSSR count). The zero-order valence-electron chi connectivity index (χ0n) is 23.2. The lowest BCUT2D eigenvalue weighted by Gasteiger charge is -2.43.